The van der Waals surface area contributed by atoms with Gasteiger partial charge < -0.3 is 15.7 Å². The van der Waals surface area contributed by atoms with E-state index in [4.69, 9.17) is 0 Å². The summed E-state index contributed by atoms with van der Waals surface area (Å²) in [5.74, 6) is 0.514. The molecule has 1 fully saturated rings. The van der Waals surface area contributed by atoms with E-state index in [1.807, 2.05) is 11.8 Å². The van der Waals surface area contributed by atoms with Crippen molar-refractivity contribution in [2.24, 2.45) is 11.3 Å². The van der Waals surface area contributed by atoms with Gasteiger partial charge in [-0.15, -0.1) is 11.8 Å². The third-order valence-electron chi connectivity index (χ3n) is 8.56. The predicted molar refractivity (Wildman–Crippen MR) is 178 cm³/mol. The molecular weight excluding hydrogens is 540 g/mol. The van der Waals surface area contributed by atoms with E-state index < -0.39 is 12.0 Å². The molecule has 3 rings (SSSR count). The SMILES string of the molecule is C/C=C(\CCCCCCC)CN[C@H](C(=O)/C=C1/CC(O)CC1C(=O)NCc1ccc(C2=C(C)CCS2)cc1)C(C)(C)C. The van der Waals surface area contributed by atoms with E-state index in [1.54, 1.807) is 6.08 Å². The van der Waals surface area contributed by atoms with E-state index >= 15 is 0 Å². The molecule has 1 amide bonds. The van der Waals surface area contributed by atoms with E-state index in [9.17, 15) is 14.7 Å². The highest BCUT2D eigenvalue weighted by Gasteiger charge is 2.36. The van der Waals surface area contributed by atoms with Gasteiger partial charge in [0.2, 0.25) is 5.91 Å². The van der Waals surface area contributed by atoms with Crippen LogP contribution in [0.2, 0.25) is 0 Å². The van der Waals surface area contributed by atoms with Crippen molar-refractivity contribution >= 4 is 28.4 Å². The van der Waals surface area contributed by atoms with Crippen LogP contribution >= 0.6 is 11.8 Å². The zero-order chi connectivity index (χ0) is 30.7. The molecule has 6 heteroatoms. The first kappa shape index (κ1) is 34.3. The monoisotopic (exact) mass is 594 g/mol. The molecule has 1 aromatic rings. The number of unbranched alkanes of at least 4 members (excludes halogenated alkanes) is 4. The van der Waals surface area contributed by atoms with E-state index in [0.29, 0.717) is 25.9 Å². The van der Waals surface area contributed by atoms with Crippen LogP contribution in [0.25, 0.3) is 4.91 Å². The first-order valence-electron chi connectivity index (χ1n) is 16.0. The van der Waals surface area contributed by atoms with E-state index in [2.05, 4.69) is 82.5 Å². The number of hydrogen-bond donors (Lipinski definition) is 3. The molecule has 0 radical (unpaired) electrons. The van der Waals surface area contributed by atoms with E-state index in [1.165, 1.54) is 53.7 Å². The highest BCUT2D eigenvalue weighted by Crippen LogP contribution is 2.39. The molecule has 1 aliphatic carbocycles. The molecule has 5 nitrogen and oxygen atoms in total. The summed E-state index contributed by atoms with van der Waals surface area (Å²) in [4.78, 5) is 28.2. The van der Waals surface area contributed by atoms with Gasteiger partial charge in [-0.3, -0.25) is 9.59 Å². The van der Waals surface area contributed by atoms with E-state index in [-0.39, 0.29) is 23.1 Å². The third-order valence-corrected chi connectivity index (χ3v) is 9.84. The molecule has 2 unspecified atom stereocenters. The minimum atomic E-state index is -0.608. The van der Waals surface area contributed by atoms with Gasteiger partial charge in [-0.1, -0.05) is 100 Å². The normalized spacial score (nSPS) is 21.3. The summed E-state index contributed by atoms with van der Waals surface area (Å²) in [6, 6.07) is 8.03. The number of carbonyl (C=O) groups is 2. The molecule has 0 saturated heterocycles. The molecule has 3 atom stereocenters. The number of amides is 1. The summed E-state index contributed by atoms with van der Waals surface area (Å²) in [7, 11) is 0. The summed E-state index contributed by atoms with van der Waals surface area (Å²) >= 11 is 1.91. The number of aliphatic hydroxyl groups excluding tert-OH is 1. The number of rotatable bonds is 15. The van der Waals surface area contributed by atoms with Crippen LogP contribution in [-0.4, -0.2) is 41.2 Å². The zero-order valence-corrected chi connectivity index (χ0v) is 27.7. The Kier molecular flexibility index (Phi) is 13.6. The molecule has 0 bridgehead atoms. The van der Waals surface area contributed by atoms with Crippen molar-refractivity contribution < 1.29 is 14.7 Å². The minimum Gasteiger partial charge on any atom is -0.393 e. The second kappa shape index (κ2) is 16.6. The van der Waals surface area contributed by atoms with Crippen molar-refractivity contribution in [2.45, 2.75) is 118 Å². The summed E-state index contributed by atoms with van der Waals surface area (Å²) in [6.07, 6.45) is 12.3. The second-order valence-electron chi connectivity index (χ2n) is 13.2. The first-order chi connectivity index (χ1) is 20.0. The van der Waals surface area contributed by atoms with E-state index in [0.717, 1.165) is 29.7 Å². The lowest BCUT2D eigenvalue weighted by Gasteiger charge is -2.30. The minimum absolute atomic E-state index is 0.0206. The Bertz CT molecular complexity index is 1140. The maximum atomic E-state index is 13.6. The van der Waals surface area contributed by atoms with Gasteiger partial charge in [0.15, 0.2) is 5.78 Å². The van der Waals surface area contributed by atoms with Gasteiger partial charge in [0.25, 0.3) is 0 Å². The Morgan fingerprint density at radius 1 is 1.12 bits per heavy atom. The molecule has 0 spiro atoms. The Hall–Kier alpha value is -2.15. The van der Waals surface area contributed by atoms with Crippen LogP contribution in [0.3, 0.4) is 0 Å². The zero-order valence-electron chi connectivity index (χ0n) is 26.9. The fourth-order valence-electron chi connectivity index (χ4n) is 5.94. The summed E-state index contributed by atoms with van der Waals surface area (Å²) < 4.78 is 0. The highest BCUT2D eigenvalue weighted by molar-refractivity contribution is 8.08. The summed E-state index contributed by atoms with van der Waals surface area (Å²) in [5, 5.41) is 17.0. The van der Waals surface area contributed by atoms with Crippen molar-refractivity contribution in [1.82, 2.24) is 10.6 Å². The molecule has 232 valence electrons. The predicted octanol–water partition coefficient (Wildman–Crippen LogP) is 7.75. The van der Waals surface area contributed by atoms with Crippen LogP contribution in [0.1, 0.15) is 110 Å². The Labute approximate surface area is 259 Å². The van der Waals surface area contributed by atoms with Crippen LogP contribution in [-0.2, 0) is 16.1 Å². The van der Waals surface area contributed by atoms with Gasteiger partial charge >= 0.3 is 0 Å². The third kappa shape index (κ3) is 10.2. The van der Waals surface area contributed by atoms with Crippen LogP contribution in [0, 0.1) is 11.3 Å². The number of allylic oxidation sites excluding steroid dienone is 2. The number of carbonyl (C=O) groups excluding carboxylic acids is 2. The van der Waals surface area contributed by atoms with Gasteiger partial charge in [-0.25, -0.2) is 0 Å². The lowest BCUT2D eigenvalue weighted by atomic mass is 9.83. The number of nitrogens with one attached hydrogen (secondary N) is 2. The quantitative estimate of drug-likeness (QED) is 0.110. The number of thioether (sulfide) groups is 1. The Morgan fingerprint density at radius 3 is 2.45 bits per heavy atom. The van der Waals surface area contributed by atoms with Crippen molar-refractivity contribution in [1.29, 1.82) is 0 Å². The second-order valence-corrected chi connectivity index (χ2v) is 14.3. The Balaban J connectivity index is 1.60. The number of aliphatic hydroxyl groups is 1. The van der Waals surface area contributed by atoms with Crippen LogP contribution in [0.15, 0.2) is 53.1 Å². The van der Waals surface area contributed by atoms with Crippen molar-refractivity contribution in [3.05, 3.63) is 64.3 Å². The molecule has 3 N–H and O–H groups in total. The van der Waals surface area contributed by atoms with Crippen molar-refractivity contribution in [2.75, 3.05) is 12.3 Å². The van der Waals surface area contributed by atoms with Gasteiger partial charge in [0.05, 0.1) is 18.1 Å². The first-order valence-corrected chi connectivity index (χ1v) is 17.0. The fourth-order valence-corrected chi connectivity index (χ4v) is 7.20. The number of ketones is 1. The largest absolute Gasteiger partial charge is 0.393 e. The molecule has 1 heterocycles. The van der Waals surface area contributed by atoms with Gasteiger partial charge in [-0.2, -0.15) is 0 Å². The summed E-state index contributed by atoms with van der Waals surface area (Å²) in [6.45, 7) is 13.8. The molecule has 0 aromatic heterocycles. The van der Waals surface area contributed by atoms with Crippen molar-refractivity contribution in [3.8, 4) is 0 Å². The smallest absolute Gasteiger partial charge is 0.227 e. The average Bonchev–Trinajstić information content (AvgIpc) is 3.54. The maximum absolute atomic E-state index is 13.6. The highest BCUT2D eigenvalue weighted by atomic mass is 32.2. The molecule has 1 aromatic carbocycles. The fraction of sp³-hybridized carbons (Fsp3) is 0.611. The average molecular weight is 595 g/mol. The molecule has 1 aliphatic heterocycles. The standard InChI is InChI=1S/C36H54N2O3S/c1-7-9-10-11-12-13-26(8-2)23-37-34(36(4,5)6)32(40)21-29-20-30(39)22-31(29)35(41)38-24-27-14-16-28(17-15-27)33-25(3)18-19-42-33/h8,14-17,21,30-31,34,37,39H,7,9-13,18-20,22-24H2,1-6H3,(H,38,41)/b26-8+,29-21-/t30?,31?,34-/m1/s1. The van der Waals surface area contributed by atoms with Crippen LogP contribution in [0.4, 0.5) is 0 Å². The molecular formula is C36H54N2O3S. The summed E-state index contributed by atoms with van der Waals surface area (Å²) in [5.41, 5.74) is 5.49. The maximum Gasteiger partial charge on any atom is 0.227 e. The van der Waals surface area contributed by atoms with Crippen LogP contribution < -0.4 is 10.6 Å². The number of hydrogen-bond acceptors (Lipinski definition) is 5. The topological polar surface area (TPSA) is 78.4 Å². The van der Waals surface area contributed by atoms with Crippen LogP contribution in [0.5, 0.6) is 0 Å². The van der Waals surface area contributed by atoms with Gasteiger partial charge in [0.1, 0.15) is 0 Å². The molecule has 1 saturated carbocycles. The lowest BCUT2D eigenvalue weighted by molar-refractivity contribution is -0.124. The van der Waals surface area contributed by atoms with Gasteiger partial charge in [0, 0.05) is 23.7 Å². The number of benzene rings is 1. The lowest BCUT2D eigenvalue weighted by Crippen LogP contribution is -2.46. The van der Waals surface area contributed by atoms with Gasteiger partial charge in [-0.05, 0) is 68.6 Å². The molecule has 42 heavy (non-hydrogen) atoms. The molecule has 2 aliphatic rings. The van der Waals surface area contributed by atoms with Crippen molar-refractivity contribution in [3.63, 3.8) is 0 Å². The Morgan fingerprint density at radius 2 is 1.83 bits per heavy atom.